The van der Waals surface area contributed by atoms with Gasteiger partial charge in [0.1, 0.15) is 6.04 Å². The molecule has 1 aliphatic heterocycles. The summed E-state index contributed by atoms with van der Waals surface area (Å²) in [7, 11) is 0. The number of amides is 1. The van der Waals surface area contributed by atoms with Crippen LogP contribution in [0, 0.1) is 0 Å². The van der Waals surface area contributed by atoms with Crippen LogP contribution in [0.2, 0.25) is 0 Å². The number of anilines is 1. The largest absolute Gasteiger partial charge is 0.342 e. The van der Waals surface area contributed by atoms with E-state index in [0.717, 1.165) is 49.6 Å². The van der Waals surface area contributed by atoms with E-state index in [4.69, 9.17) is 4.99 Å². The quantitative estimate of drug-likeness (QED) is 0.669. The third-order valence-corrected chi connectivity index (χ3v) is 5.27. The van der Waals surface area contributed by atoms with Crippen molar-refractivity contribution in [1.29, 1.82) is 0 Å². The van der Waals surface area contributed by atoms with Gasteiger partial charge in [-0.15, -0.1) is 0 Å². The summed E-state index contributed by atoms with van der Waals surface area (Å²) >= 11 is 0. The van der Waals surface area contributed by atoms with E-state index in [1.165, 1.54) is 5.56 Å². The lowest BCUT2D eigenvalue weighted by atomic mass is 10.1. The summed E-state index contributed by atoms with van der Waals surface area (Å²) in [6, 6.07) is 18.1. The van der Waals surface area contributed by atoms with Gasteiger partial charge >= 0.3 is 0 Å². The van der Waals surface area contributed by atoms with Crippen molar-refractivity contribution in [2.45, 2.75) is 52.5 Å². The standard InChI is InChI=1S/C24H31N3O/c1-4-7-16-26(6-3)24-25-22(18-20-12-9-8-10-13-20)23(28)27(24)21-15-11-14-19(5-2)17-21/h8-15,17,22H,4-7,16,18H2,1-3H3. The highest BCUT2D eigenvalue weighted by Crippen LogP contribution is 2.26. The molecule has 4 nitrogen and oxygen atoms in total. The van der Waals surface area contributed by atoms with Crippen LogP contribution in [0.1, 0.15) is 44.7 Å². The highest BCUT2D eigenvalue weighted by atomic mass is 16.2. The molecule has 0 saturated carbocycles. The van der Waals surface area contributed by atoms with Gasteiger partial charge in [-0.05, 0) is 43.0 Å². The first-order chi connectivity index (χ1) is 13.7. The number of aliphatic imine (C=N–C) groups is 1. The Morgan fingerprint density at radius 2 is 1.75 bits per heavy atom. The summed E-state index contributed by atoms with van der Waals surface area (Å²) in [5.74, 6) is 0.872. The van der Waals surface area contributed by atoms with Crippen molar-refractivity contribution in [3.8, 4) is 0 Å². The zero-order chi connectivity index (χ0) is 19.9. The normalized spacial score (nSPS) is 16.4. The van der Waals surface area contributed by atoms with Crippen LogP contribution in [0.4, 0.5) is 5.69 Å². The first kappa shape index (κ1) is 20.1. The molecular formula is C24H31N3O. The number of carbonyl (C=O) groups excluding carboxylic acids is 1. The summed E-state index contributed by atoms with van der Waals surface area (Å²) in [5.41, 5.74) is 3.30. The molecule has 148 valence electrons. The SMILES string of the molecule is CCCCN(CC)C1=NC(Cc2ccccc2)C(=O)N1c1cccc(CC)c1. The molecule has 0 aliphatic carbocycles. The molecule has 0 spiro atoms. The van der Waals surface area contributed by atoms with Gasteiger partial charge in [0.2, 0.25) is 5.96 Å². The van der Waals surface area contributed by atoms with E-state index in [9.17, 15) is 4.79 Å². The van der Waals surface area contributed by atoms with Crippen LogP contribution >= 0.6 is 0 Å². The Balaban J connectivity index is 1.95. The van der Waals surface area contributed by atoms with Crippen LogP contribution in [0.15, 0.2) is 59.6 Å². The summed E-state index contributed by atoms with van der Waals surface area (Å²) in [4.78, 5) is 22.4. The summed E-state index contributed by atoms with van der Waals surface area (Å²) in [5, 5.41) is 0. The van der Waals surface area contributed by atoms with Crippen LogP contribution < -0.4 is 4.90 Å². The fourth-order valence-electron chi connectivity index (χ4n) is 3.60. The fourth-order valence-corrected chi connectivity index (χ4v) is 3.60. The van der Waals surface area contributed by atoms with Crippen molar-refractivity contribution in [1.82, 2.24) is 4.90 Å². The number of guanidine groups is 1. The van der Waals surface area contributed by atoms with Gasteiger partial charge in [-0.1, -0.05) is 62.7 Å². The minimum atomic E-state index is -0.363. The molecule has 0 fully saturated rings. The van der Waals surface area contributed by atoms with Crippen LogP contribution in [0.5, 0.6) is 0 Å². The van der Waals surface area contributed by atoms with Gasteiger partial charge < -0.3 is 4.90 Å². The predicted molar refractivity (Wildman–Crippen MR) is 117 cm³/mol. The molecule has 2 aromatic carbocycles. The summed E-state index contributed by atoms with van der Waals surface area (Å²) in [6.45, 7) is 8.22. The number of rotatable bonds is 8. The maximum atomic E-state index is 13.4. The molecule has 1 unspecified atom stereocenters. The van der Waals surface area contributed by atoms with E-state index in [2.05, 4.69) is 49.9 Å². The van der Waals surface area contributed by atoms with E-state index in [1.54, 1.807) is 0 Å². The van der Waals surface area contributed by atoms with Crippen molar-refractivity contribution < 1.29 is 4.79 Å². The van der Waals surface area contributed by atoms with Crippen molar-refractivity contribution in [2.75, 3.05) is 18.0 Å². The van der Waals surface area contributed by atoms with E-state index in [1.807, 2.05) is 35.2 Å². The van der Waals surface area contributed by atoms with Gasteiger partial charge in [-0.2, -0.15) is 0 Å². The Labute approximate surface area is 168 Å². The maximum absolute atomic E-state index is 13.4. The molecule has 1 heterocycles. The first-order valence-corrected chi connectivity index (χ1v) is 10.5. The molecule has 0 bridgehead atoms. The minimum Gasteiger partial charge on any atom is -0.342 e. The van der Waals surface area contributed by atoms with Gasteiger partial charge in [-0.3, -0.25) is 4.79 Å². The summed E-state index contributed by atoms with van der Waals surface area (Å²) in [6.07, 6.45) is 3.80. The lowest BCUT2D eigenvalue weighted by Gasteiger charge is -2.29. The van der Waals surface area contributed by atoms with Gasteiger partial charge in [0, 0.05) is 19.5 Å². The zero-order valence-electron chi connectivity index (χ0n) is 17.3. The molecule has 2 aromatic rings. The number of aryl methyl sites for hydroxylation is 1. The third-order valence-electron chi connectivity index (χ3n) is 5.27. The lowest BCUT2D eigenvalue weighted by molar-refractivity contribution is -0.118. The molecule has 3 rings (SSSR count). The maximum Gasteiger partial charge on any atom is 0.259 e. The second kappa shape index (κ2) is 9.54. The molecule has 1 atom stereocenters. The average Bonchev–Trinajstić information content (AvgIpc) is 3.05. The van der Waals surface area contributed by atoms with Crippen molar-refractivity contribution in [2.24, 2.45) is 4.99 Å². The highest BCUT2D eigenvalue weighted by Gasteiger charge is 2.37. The molecular weight excluding hydrogens is 346 g/mol. The Hall–Kier alpha value is -2.62. The number of nitrogens with zero attached hydrogens (tertiary/aromatic N) is 3. The van der Waals surface area contributed by atoms with Gasteiger partial charge in [0.15, 0.2) is 0 Å². The zero-order valence-corrected chi connectivity index (χ0v) is 17.3. The van der Waals surface area contributed by atoms with Gasteiger partial charge in [-0.25, -0.2) is 9.89 Å². The van der Waals surface area contributed by atoms with Crippen molar-refractivity contribution in [3.05, 3.63) is 65.7 Å². The van der Waals surface area contributed by atoms with Crippen LogP contribution in [0.25, 0.3) is 0 Å². The van der Waals surface area contributed by atoms with Crippen molar-refractivity contribution >= 4 is 17.6 Å². The molecule has 0 saturated heterocycles. The molecule has 4 heteroatoms. The smallest absolute Gasteiger partial charge is 0.259 e. The topological polar surface area (TPSA) is 35.9 Å². The number of unbranched alkanes of at least 4 members (excludes halogenated alkanes) is 1. The molecule has 0 aromatic heterocycles. The molecule has 0 radical (unpaired) electrons. The monoisotopic (exact) mass is 377 g/mol. The van der Waals surface area contributed by atoms with Crippen LogP contribution in [-0.2, 0) is 17.6 Å². The lowest BCUT2D eigenvalue weighted by Crippen LogP contribution is -2.45. The number of hydrogen-bond acceptors (Lipinski definition) is 3. The molecule has 1 aliphatic rings. The van der Waals surface area contributed by atoms with E-state index >= 15 is 0 Å². The Bertz CT molecular complexity index is 816. The van der Waals surface area contributed by atoms with E-state index < -0.39 is 0 Å². The van der Waals surface area contributed by atoms with Gasteiger partial charge in [0.25, 0.3) is 5.91 Å². The molecule has 28 heavy (non-hydrogen) atoms. The predicted octanol–water partition coefficient (Wildman–Crippen LogP) is 4.68. The number of carbonyl (C=O) groups is 1. The summed E-state index contributed by atoms with van der Waals surface area (Å²) < 4.78 is 0. The van der Waals surface area contributed by atoms with Crippen LogP contribution in [0.3, 0.4) is 0 Å². The molecule has 1 amide bonds. The van der Waals surface area contributed by atoms with E-state index in [-0.39, 0.29) is 11.9 Å². The van der Waals surface area contributed by atoms with E-state index in [0.29, 0.717) is 6.42 Å². The Kier molecular flexibility index (Phi) is 6.85. The second-order valence-electron chi connectivity index (χ2n) is 7.26. The van der Waals surface area contributed by atoms with Gasteiger partial charge in [0.05, 0.1) is 5.69 Å². The Morgan fingerprint density at radius 1 is 1.00 bits per heavy atom. The molecule has 0 N–H and O–H groups in total. The first-order valence-electron chi connectivity index (χ1n) is 10.5. The van der Waals surface area contributed by atoms with Crippen LogP contribution in [-0.4, -0.2) is 35.9 Å². The third kappa shape index (κ3) is 4.44. The number of hydrogen-bond donors (Lipinski definition) is 0. The Morgan fingerprint density at radius 3 is 2.43 bits per heavy atom. The number of benzene rings is 2. The second-order valence-corrected chi connectivity index (χ2v) is 7.26. The van der Waals surface area contributed by atoms with Crippen molar-refractivity contribution in [3.63, 3.8) is 0 Å². The minimum absolute atomic E-state index is 0.0713. The highest BCUT2D eigenvalue weighted by molar-refractivity contribution is 6.22. The average molecular weight is 378 g/mol. The fraction of sp³-hybridized carbons (Fsp3) is 0.417.